The molecule has 2 unspecified atom stereocenters. The van der Waals surface area contributed by atoms with Crippen LogP contribution in [-0.2, 0) is 21.0 Å². The van der Waals surface area contributed by atoms with Gasteiger partial charge in [-0.2, -0.15) is 8.42 Å². The van der Waals surface area contributed by atoms with E-state index < -0.39 is 25.9 Å². The lowest BCUT2D eigenvalue weighted by Crippen LogP contribution is -2.17. The molecule has 0 amide bonds. The highest BCUT2D eigenvalue weighted by Crippen LogP contribution is 2.17. The molecule has 0 N–H and O–H groups in total. The van der Waals surface area contributed by atoms with E-state index in [9.17, 15) is 20.9 Å². The van der Waals surface area contributed by atoms with Gasteiger partial charge >= 0.3 is 15.1 Å². The standard InChI is InChI=1S/C7H6F2O3S2/c8-7(14(9,11)12)13(10)6-4-2-1-3-5-6/h1-5,7H. The van der Waals surface area contributed by atoms with Crippen molar-refractivity contribution in [2.24, 2.45) is 0 Å². The van der Waals surface area contributed by atoms with Crippen molar-refractivity contribution in [1.82, 2.24) is 0 Å². The number of hydrogen-bond acceptors (Lipinski definition) is 3. The highest BCUT2D eigenvalue weighted by Gasteiger charge is 2.31. The lowest BCUT2D eigenvalue weighted by Gasteiger charge is -2.02. The Morgan fingerprint density at radius 2 is 1.71 bits per heavy atom. The quantitative estimate of drug-likeness (QED) is 0.749. The fourth-order valence-corrected chi connectivity index (χ4v) is 2.57. The summed E-state index contributed by atoms with van der Waals surface area (Å²) in [5.74, 6) is 0. The topological polar surface area (TPSA) is 51.2 Å². The summed E-state index contributed by atoms with van der Waals surface area (Å²) in [6.45, 7) is 0. The van der Waals surface area contributed by atoms with Gasteiger partial charge in [-0.05, 0) is 12.1 Å². The predicted octanol–water partition coefficient (Wildman–Crippen LogP) is 1.35. The number of hydrogen-bond donors (Lipinski definition) is 0. The summed E-state index contributed by atoms with van der Waals surface area (Å²) in [4.78, 5) is -3.09. The Kier molecular flexibility index (Phi) is 3.33. The molecule has 0 aromatic heterocycles. The van der Waals surface area contributed by atoms with E-state index in [0.29, 0.717) is 0 Å². The van der Waals surface area contributed by atoms with Gasteiger partial charge in [0.05, 0.1) is 0 Å². The molecule has 0 aliphatic rings. The Bertz CT molecular complexity index is 430. The molecule has 0 fully saturated rings. The Labute approximate surface area is 82.4 Å². The molecule has 14 heavy (non-hydrogen) atoms. The molecule has 0 radical (unpaired) electrons. The van der Waals surface area contributed by atoms with Crippen molar-refractivity contribution >= 4 is 21.0 Å². The minimum Gasteiger partial charge on any atom is -0.250 e. The van der Waals surface area contributed by atoms with Crippen LogP contribution in [0.5, 0.6) is 0 Å². The van der Waals surface area contributed by atoms with Crippen molar-refractivity contribution in [3.05, 3.63) is 30.3 Å². The van der Waals surface area contributed by atoms with Crippen molar-refractivity contribution in [2.45, 2.75) is 9.73 Å². The Morgan fingerprint density at radius 1 is 1.21 bits per heavy atom. The molecule has 0 saturated carbocycles. The molecular formula is C7H6F2O3S2. The lowest BCUT2D eigenvalue weighted by molar-refractivity contribution is 0.470. The first-order chi connectivity index (χ1) is 6.43. The number of rotatable bonds is 3. The van der Waals surface area contributed by atoms with Gasteiger partial charge in [-0.3, -0.25) is 4.21 Å². The zero-order valence-corrected chi connectivity index (χ0v) is 8.39. The van der Waals surface area contributed by atoms with E-state index in [-0.39, 0.29) is 4.90 Å². The van der Waals surface area contributed by atoms with Gasteiger partial charge < -0.3 is 0 Å². The van der Waals surface area contributed by atoms with Crippen LogP contribution < -0.4 is 0 Å². The first-order valence-corrected chi connectivity index (χ1v) is 6.12. The van der Waals surface area contributed by atoms with Gasteiger partial charge in [0.2, 0.25) is 0 Å². The van der Waals surface area contributed by atoms with Crippen LogP contribution in [0.2, 0.25) is 0 Å². The van der Waals surface area contributed by atoms with E-state index in [4.69, 9.17) is 0 Å². The average Bonchev–Trinajstić information content (AvgIpc) is 2.15. The summed E-state index contributed by atoms with van der Waals surface area (Å²) in [7, 11) is -7.94. The van der Waals surface area contributed by atoms with Gasteiger partial charge in [-0.1, -0.05) is 18.2 Å². The summed E-state index contributed by atoms with van der Waals surface area (Å²) in [5, 5.41) is 0. The second-order valence-electron chi connectivity index (χ2n) is 2.36. The lowest BCUT2D eigenvalue weighted by atomic mass is 10.4. The molecular weight excluding hydrogens is 234 g/mol. The second-order valence-corrected chi connectivity index (χ2v) is 5.50. The molecule has 1 rings (SSSR count). The normalized spacial score (nSPS) is 16.1. The van der Waals surface area contributed by atoms with Crippen LogP contribution in [0.25, 0.3) is 0 Å². The maximum Gasteiger partial charge on any atom is 0.347 e. The Hall–Kier alpha value is -0.820. The van der Waals surface area contributed by atoms with Gasteiger partial charge in [-0.25, -0.2) is 4.39 Å². The van der Waals surface area contributed by atoms with Crippen LogP contribution in [0.15, 0.2) is 35.2 Å². The second kappa shape index (κ2) is 4.14. The van der Waals surface area contributed by atoms with E-state index in [1.54, 1.807) is 6.07 Å². The van der Waals surface area contributed by atoms with Crippen LogP contribution >= 0.6 is 0 Å². The molecule has 0 aliphatic carbocycles. The third kappa shape index (κ3) is 2.58. The van der Waals surface area contributed by atoms with E-state index in [1.165, 1.54) is 24.3 Å². The highest BCUT2D eigenvalue weighted by atomic mass is 32.3. The number of alkyl halides is 1. The molecule has 0 aliphatic heterocycles. The first-order valence-electron chi connectivity index (χ1n) is 3.46. The summed E-state index contributed by atoms with van der Waals surface area (Å²) in [6, 6.07) is 7.00. The Balaban J connectivity index is 2.99. The fraction of sp³-hybridized carbons (Fsp3) is 0.143. The van der Waals surface area contributed by atoms with Crippen molar-refractivity contribution < 1.29 is 20.9 Å². The van der Waals surface area contributed by atoms with Gasteiger partial charge in [-0.15, -0.1) is 3.89 Å². The zero-order chi connectivity index (χ0) is 10.8. The summed E-state index contributed by atoms with van der Waals surface area (Å²) >= 11 is 0. The number of benzene rings is 1. The average molecular weight is 240 g/mol. The maximum absolute atomic E-state index is 12.7. The van der Waals surface area contributed by atoms with E-state index in [0.717, 1.165) is 0 Å². The minimum absolute atomic E-state index is 0.0683. The molecule has 0 heterocycles. The Morgan fingerprint density at radius 3 is 2.14 bits per heavy atom. The minimum atomic E-state index is -5.42. The molecule has 3 nitrogen and oxygen atoms in total. The van der Waals surface area contributed by atoms with Gasteiger partial charge in [0, 0.05) is 4.90 Å². The highest BCUT2D eigenvalue weighted by molar-refractivity contribution is 8.03. The molecule has 2 atom stereocenters. The molecule has 7 heteroatoms. The van der Waals surface area contributed by atoms with Crippen LogP contribution in [0.1, 0.15) is 0 Å². The van der Waals surface area contributed by atoms with Crippen LogP contribution in [0, 0.1) is 0 Å². The summed E-state index contributed by atoms with van der Waals surface area (Å²) < 4.78 is 56.2. The molecule has 0 bridgehead atoms. The molecule has 0 saturated heterocycles. The van der Waals surface area contributed by atoms with Gasteiger partial charge in [0.1, 0.15) is 10.8 Å². The molecule has 0 spiro atoms. The molecule has 1 aromatic rings. The largest absolute Gasteiger partial charge is 0.347 e. The van der Waals surface area contributed by atoms with Crippen LogP contribution in [0.3, 0.4) is 0 Å². The smallest absolute Gasteiger partial charge is 0.250 e. The van der Waals surface area contributed by atoms with Crippen LogP contribution in [-0.4, -0.2) is 17.5 Å². The third-order valence-corrected chi connectivity index (χ3v) is 4.10. The predicted molar refractivity (Wildman–Crippen MR) is 47.8 cm³/mol. The molecule has 78 valence electrons. The van der Waals surface area contributed by atoms with Gasteiger partial charge in [0.15, 0.2) is 0 Å². The van der Waals surface area contributed by atoms with Crippen LogP contribution in [0.4, 0.5) is 8.28 Å². The first kappa shape index (κ1) is 11.3. The van der Waals surface area contributed by atoms with Crippen molar-refractivity contribution in [1.29, 1.82) is 0 Å². The van der Waals surface area contributed by atoms with Crippen molar-refractivity contribution in [3.63, 3.8) is 0 Å². The van der Waals surface area contributed by atoms with Gasteiger partial charge in [0.25, 0.3) is 0 Å². The summed E-state index contributed by atoms with van der Waals surface area (Å²) in [5.41, 5.74) is 0. The maximum atomic E-state index is 12.7. The molecule has 1 aromatic carbocycles. The van der Waals surface area contributed by atoms with E-state index in [1.807, 2.05) is 0 Å². The van der Waals surface area contributed by atoms with Crippen molar-refractivity contribution in [3.8, 4) is 0 Å². The fourth-order valence-electron chi connectivity index (χ4n) is 0.766. The monoisotopic (exact) mass is 240 g/mol. The van der Waals surface area contributed by atoms with E-state index in [2.05, 4.69) is 0 Å². The zero-order valence-electron chi connectivity index (χ0n) is 6.76. The van der Waals surface area contributed by atoms with Crippen molar-refractivity contribution in [2.75, 3.05) is 0 Å². The van der Waals surface area contributed by atoms with E-state index >= 15 is 0 Å². The summed E-state index contributed by atoms with van der Waals surface area (Å²) in [6.07, 6.45) is 0. The SMILES string of the molecule is O=S(c1ccccc1)C(F)S(=O)(=O)F. The number of halogens is 2. The third-order valence-electron chi connectivity index (χ3n) is 1.37.